The quantitative estimate of drug-likeness (QED) is 0.233. The van der Waals surface area contributed by atoms with Crippen molar-refractivity contribution in [3.8, 4) is 17.2 Å². The van der Waals surface area contributed by atoms with Gasteiger partial charge >= 0.3 is 0 Å². The van der Waals surface area contributed by atoms with E-state index in [1.54, 1.807) is 44.7 Å². The van der Waals surface area contributed by atoms with Crippen LogP contribution in [0.2, 0.25) is 10.0 Å². The molecule has 2 N–H and O–H groups in total. The normalized spacial score (nSPS) is 10.6. The Kier molecular flexibility index (Phi) is 8.56. The summed E-state index contributed by atoms with van der Waals surface area (Å²) in [6.07, 6.45) is 1.62. The first-order chi connectivity index (χ1) is 15.5. The van der Waals surface area contributed by atoms with Gasteiger partial charge in [-0.3, -0.25) is 5.43 Å². The van der Waals surface area contributed by atoms with E-state index in [0.717, 1.165) is 16.8 Å². The first-order valence-corrected chi connectivity index (χ1v) is 10.6. The van der Waals surface area contributed by atoms with Crippen LogP contribution in [-0.2, 0) is 6.61 Å². The number of ether oxygens (including phenoxy) is 3. The molecule has 166 valence electrons. The number of hydrogen-bond donors (Lipinski definition) is 2. The molecule has 0 bridgehead atoms. The van der Waals surface area contributed by atoms with Crippen LogP contribution in [0.3, 0.4) is 0 Å². The third-order valence-corrected chi connectivity index (χ3v) is 5.10. The summed E-state index contributed by atoms with van der Waals surface area (Å²) in [6.45, 7) is 0.282. The third-order valence-electron chi connectivity index (χ3n) is 4.32. The molecule has 0 aliphatic rings. The van der Waals surface area contributed by atoms with Gasteiger partial charge in [-0.05, 0) is 60.2 Å². The molecule has 3 aromatic rings. The van der Waals surface area contributed by atoms with Crippen LogP contribution in [0.1, 0.15) is 11.1 Å². The summed E-state index contributed by atoms with van der Waals surface area (Å²) in [4.78, 5) is 0. The maximum absolute atomic E-state index is 6.20. The molecule has 0 amide bonds. The van der Waals surface area contributed by atoms with Crippen LogP contribution < -0.4 is 25.0 Å². The van der Waals surface area contributed by atoms with Crippen LogP contribution in [0, 0.1) is 0 Å². The number of hydrogen-bond acceptors (Lipinski definition) is 5. The molecular weight excluding hydrogens is 469 g/mol. The van der Waals surface area contributed by atoms with Gasteiger partial charge in [0.05, 0.1) is 26.1 Å². The molecule has 0 heterocycles. The molecule has 0 saturated heterocycles. The van der Waals surface area contributed by atoms with E-state index in [1.165, 1.54) is 0 Å². The van der Waals surface area contributed by atoms with E-state index in [9.17, 15) is 0 Å². The zero-order valence-electron chi connectivity index (χ0n) is 17.4. The molecule has 0 atom stereocenters. The van der Waals surface area contributed by atoms with Gasteiger partial charge in [0.25, 0.3) is 0 Å². The highest BCUT2D eigenvalue weighted by atomic mass is 35.5. The second-order valence-electron chi connectivity index (χ2n) is 6.46. The van der Waals surface area contributed by atoms with E-state index in [2.05, 4.69) is 15.8 Å². The van der Waals surface area contributed by atoms with E-state index in [1.807, 2.05) is 36.4 Å². The number of benzene rings is 3. The average molecular weight is 490 g/mol. The molecule has 32 heavy (non-hydrogen) atoms. The minimum absolute atomic E-state index is 0.282. The molecule has 3 rings (SSSR count). The minimum Gasteiger partial charge on any atom is -0.495 e. The summed E-state index contributed by atoms with van der Waals surface area (Å²) >= 11 is 17.4. The molecule has 0 unspecified atom stereocenters. The number of thiocarbonyl (C=S) groups is 1. The Morgan fingerprint density at radius 3 is 2.50 bits per heavy atom. The van der Waals surface area contributed by atoms with Crippen LogP contribution >= 0.6 is 35.4 Å². The van der Waals surface area contributed by atoms with Crippen molar-refractivity contribution in [3.63, 3.8) is 0 Å². The van der Waals surface area contributed by atoms with Gasteiger partial charge in [-0.1, -0.05) is 41.4 Å². The molecule has 9 heteroatoms. The lowest BCUT2D eigenvalue weighted by Gasteiger charge is -2.12. The molecule has 0 aliphatic carbocycles. The van der Waals surface area contributed by atoms with Crippen molar-refractivity contribution in [2.75, 3.05) is 19.5 Å². The van der Waals surface area contributed by atoms with Crippen molar-refractivity contribution in [1.82, 2.24) is 5.43 Å². The van der Waals surface area contributed by atoms with Gasteiger partial charge in [0, 0.05) is 15.6 Å². The van der Waals surface area contributed by atoms with Gasteiger partial charge in [0.1, 0.15) is 12.4 Å². The Morgan fingerprint density at radius 2 is 1.75 bits per heavy atom. The second-order valence-corrected chi connectivity index (χ2v) is 7.71. The summed E-state index contributed by atoms with van der Waals surface area (Å²) in [5.74, 6) is 1.83. The van der Waals surface area contributed by atoms with Gasteiger partial charge in [-0.15, -0.1) is 0 Å². The monoisotopic (exact) mass is 489 g/mol. The lowest BCUT2D eigenvalue weighted by Crippen LogP contribution is -2.24. The first-order valence-electron chi connectivity index (χ1n) is 9.48. The van der Waals surface area contributed by atoms with Gasteiger partial charge in [0.2, 0.25) is 0 Å². The van der Waals surface area contributed by atoms with E-state index >= 15 is 0 Å². The number of nitrogens with zero attached hydrogens (tertiary/aromatic N) is 1. The van der Waals surface area contributed by atoms with Gasteiger partial charge in [-0.2, -0.15) is 5.10 Å². The maximum atomic E-state index is 6.20. The van der Waals surface area contributed by atoms with Crippen molar-refractivity contribution in [1.29, 1.82) is 0 Å². The van der Waals surface area contributed by atoms with Crippen molar-refractivity contribution >= 4 is 52.4 Å². The molecule has 0 saturated carbocycles. The summed E-state index contributed by atoms with van der Waals surface area (Å²) in [6, 6.07) is 18.2. The van der Waals surface area contributed by atoms with Gasteiger partial charge in [-0.25, -0.2) is 0 Å². The molecule has 0 aliphatic heterocycles. The summed E-state index contributed by atoms with van der Waals surface area (Å²) < 4.78 is 16.6. The van der Waals surface area contributed by atoms with Crippen LogP contribution in [0.25, 0.3) is 0 Å². The zero-order valence-corrected chi connectivity index (χ0v) is 19.7. The standard InChI is InChI=1S/C23H21Cl2N3O3S/c1-29-20-6-4-3-5-19(20)27-23(32)28-26-13-15-7-10-21(22(11-15)30-2)31-14-16-8-9-17(24)12-18(16)25/h3-13H,14H2,1-2H3,(H2,27,28,32). The van der Waals surface area contributed by atoms with E-state index < -0.39 is 0 Å². The molecule has 0 radical (unpaired) electrons. The summed E-state index contributed by atoms with van der Waals surface area (Å²) in [5, 5.41) is 8.65. The highest BCUT2D eigenvalue weighted by Gasteiger charge is 2.08. The van der Waals surface area contributed by atoms with E-state index in [4.69, 9.17) is 49.6 Å². The predicted molar refractivity (Wildman–Crippen MR) is 134 cm³/mol. The molecule has 0 aromatic heterocycles. The van der Waals surface area contributed by atoms with E-state index in [0.29, 0.717) is 32.4 Å². The molecular formula is C23H21Cl2N3O3S. The Morgan fingerprint density at radius 1 is 0.969 bits per heavy atom. The van der Waals surface area contributed by atoms with Crippen LogP contribution in [0.5, 0.6) is 17.2 Å². The van der Waals surface area contributed by atoms with Crippen molar-refractivity contribution in [2.45, 2.75) is 6.61 Å². The van der Waals surface area contributed by atoms with Crippen LogP contribution in [0.4, 0.5) is 5.69 Å². The lowest BCUT2D eigenvalue weighted by atomic mass is 10.2. The first kappa shape index (κ1) is 23.7. The number of hydrazone groups is 1. The summed E-state index contributed by atoms with van der Waals surface area (Å²) in [5.41, 5.74) is 5.14. The highest BCUT2D eigenvalue weighted by Crippen LogP contribution is 2.30. The lowest BCUT2D eigenvalue weighted by molar-refractivity contribution is 0.284. The predicted octanol–water partition coefficient (Wildman–Crippen LogP) is 5.91. The summed E-state index contributed by atoms with van der Waals surface area (Å²) in [7, 11) is 3.17. The number of halogens is 2. The average Bonchev–Trinajstić information content (AvgIpc) is 2.79. The maximum Gasteiger partial charge on any atom is 0.191 e. The smallest absolute Gasteiger partial charge is 0.191 e. The Labute approximate surface area is 202 Å². The van der Waals surface area contributed by atoms with Crippen molar-refractivity contribution < 1.29 is 14.2 Å². The van der Waals surface area contributed by atoms with E-state index in [-0.39, 0.29) is 6.61 Å². The Bertz CT molecular complexity index is 1130. The molecule has 0 spiro atoms. The molecule has 6 nitrogen and oxygen atoms in total. The van der Waals surface area contributed by atoms with Crippen molar-refractivity contribution in [3.05, 3.63) is 81.8 Å². The third kappa shape index (κ3) is 6.50. The van der Waals surface area contributed by atoms with Gasteiger partial charge < -0.3 is 19.5 Å². The fourth-order valence-electron chi connectivity index (χ4n) is 2.74. The zero-order chi connectivity index (χ0) is 22.9. The fourth-order valence-corrected chi connectivity index (χ4v) is 3.37. The number of para-hydroxylation sites is 2. The molecule has 3 aromatic carbocycles. The largest absolute Gasteiger partial charge is 0.495 e. The van der Waals surface area contributed by atoms with Crippen LogP contribution in [0.15, 0.2) is 65.8 Å². The number of anilines is 1. The van der Waals surface area contributed by atoms with Crippen molar-refractivity contribution in [2.24, 2.45) is 5.10 Å². The highest BCUT2D eigenvalue weighted by molar-refractivity contribution is 7.80. The second kappa shape index (κ2) is 11.6. The Hall–Kier alpha value is -3.00. The topological polar surface area (TPSA) is 64.1 Å². The fraction of sp³-hybridized carbons (Fsp3) is 0.130. The number of rotatable bonds is 8. The SMILES string of the molecule is COc1ccccc1NC(=S)NN=Cc1ccc(OCc2ccc(Cl)cc2Cl)c(OC)c1. The number of nitrogens with one attached hydrogen (secondary N) is 2. The van der Waals surface area contributed by atoms with Crippen LogP contribution in [-0.4, -0.2) is 25.5 Å². The number of methoxy groups -OCH3 is 2. The minimum atomic E-state index is 0.282. The Balaban J connectivity index is 1.60. The van der Waals surface area contributed by atoms with Gasteiger partial charge in [0.15, 0.2) is 16.6 Å². The molecule has 0 fully saturated rings.